The molecule has 118 valence electrons. The summed E-state index contributed by atoms with van der Waals surface area (Å²) in [6, 6.07) is 4.38. The van der Waals surface area contributed by atoms with Crippen LogP contribution in [0.3, 0.4) is 0 Å². The maximum Gasteiger partial charge on any atom is 0.308 e. The van der Waals surface area contributed by atoms with Gasteiger partial charge >= 0.3 is 5.97 Å². The fraction of sp³-hybridized carbons (Fsp3) is 0.611. The molecule has 1 fully saturated rings. The second-order valence-electron chi connectivity index (χ2n) is 6.73. The number of fused-ring (bicyclic) bond motifs is 3. The standard InChI is InChI=1S/C18H22O4/c1-20-17(19)12-2-5-18(6-3-12)7-4-13-10-15-16(11-14(13)18)22-9-8-21-15/h10-12H,2-9H2,1H3. The van der Waals surface area contributed by atoms with Crippen molar-refractivity contribution in [3.05, 3.63) is 23.3 Å². The molecule has 4 nitrogen and oxygen atoms in total. The van der Waals surface area contributed by atoms with Crippen molar-refractivity contribution < 1.29 is 19.0 Å². The summed E-state index contributed by atoms with van der Waals surface area (Å²) < 4.78 is 16.4. The van der Waals surface area contributed by atoms with E-state index in [-0.39, 0.29) is 17.3 Å². The van der Waals surface area contributed by atoms with Gasteiger partial charge in [0.2, 0.25) is 0 Å². The Bertz CT molecular complexity index is 599. The van der Waals surface area contributed by atoms with Gasteiger partial charge in [-0.05, 0) is 67.2 Å². The van der Waals surface area contributed by atoms with E-state index in [1.165, 1.54) is 24.7 Å². The van der Waals surface area contributed by atoms with Gasteiger partial charge in [-0.15, -0.1) is 0 Å². The van der Waals surface area contributed by atoms with Gasteiger partial charge in [0.25, 0.3) is 0 Å². The summed E-state index contributed by atoms with van der Waals surface area (Å²) in [5, 5.41) is 0. The SMILES string of the molecule is COC(=O)C1CCC2(CCc3cc4c(cc32)OCCO4)CC1. The Kier molecular flexibility index (Phi) is 3.28. The summed E-state index contributed by atoms with van der Waals surface area (Å²) in [7, 11) is 1.49. The third-order valence-electron chi connectivity index (χ3n) is 5.69. The van der Waals surface area contributed by atoms with Gasteiger partial charge in [-0.2, -0.15) is 0 Å². The number of carbonyl (C=O) groups is 1. The van der Waals surface area contributed by atoms with E-state index in [1.54, 1.807) is 0 Å². The minimum atomic E-state index is -0.0461. The van der Waals surface area contributed by atoms with Crippen LogP contribution in [-0.4, -0.2) is 26.3 Å². The normalized spacial score (nSPS) is 29.2. The van der Waals surface area contributed by atoms with Crippen LogP contribution in [0.1, 0.15) is 43.2 Å². The van der Waals surface area contributed by atoms with Gasteiger partial charge < -0.3 is 14.2 Å². The zero-order valence-electron chi connectivity index (χ0n) is 13.0. The second-order valence-corrected chi connectivity index (χ2v) is 6.73. The van der Waals surface area contributed by atoms with E-state index in [1.807, 2.05) is 0 Å². The average Bonchev–Trinajstić information content (AvgIpc) is 2.91. The third kappa shape index (κ3) is 2.08. The molecule has 0 aromatic heterocycles. The maximum atomic E-state index is 11.7. The van der Waals surface area contributed by atoms with E-state index < -0.39 is 0 Å². The molecular formula is C18H22O4. The summed E-state index contributed by atoms with van der Waals surface area (Å²) in [6.45, 7) is 1.26. The molecule has 0 saturated heterocycles. The number of aryl methyl sites for hydroxylation is 1. The molecule has 0 amide bonds. The van der Waals surface area contributed by atoms with Crippen LogP contribution in [0.25, 0.3) is 0 Å². The topological polar surface area (TPSA) is 44.8 Å². The summed E-state index contributed by atoms with van der Waals surface area (Å²) in [6.07, 6.45) is 6.29. The molecule has 0 N–H and O–H groups in total. The van der Waals surface area contributed by atoms with E-state index in [4.69, 9.17) is 14.2 Å². The fourth-order valence-electron chi connectivity index (χ4n) is 4.43. The van der Waals surface area contributed by atoms with Gasteiger partial charge in [-0.1, -0.05) is 0 Å². The van der Waals surface area contributed by atoms with Crippen molar-refractivity contribution in [3.63, 3.8) is 0 Å². The van der Waals surface area contributed by atoms with Gasteiger partial charge in [0.05, 0.1) is 13.0 Å². The molecule has 1 aliphatic heterocycles. The summed E-state index contributed by atoms with van der Waals surface area (Å²) >= 11 is 0. The number of hydrogen-bond acceptors (Lipinski definition) is 4. The molecule has 1 saturated carbocycles. The molecule has 4 rings (SSSR count). The number of esters is 1. The number of rotatable bonds is 1. The second kappa shape index (κ2) is 5.18. The Labute approximate surface area is 130 Å². The fourth-order valence-corrected chi connectivity index (χ4v) is 4.43. The highest BCUT2D eigenvalue weighted by Crippen LogP contribution is 2.52. The van der Waals surface area contributed by atoms with Crippen LogP contribution in [0.5, 0.6) is 11.5 Å². The van der Waals surface area contributed by atoms with Crippen molar-refractivity contribution >= 4 is 5.97 Å². The number of methoxy groups -OCH3 is 1. The van der Waals surface area contributed by atoms with Gasteiger partial charge in [-0.3, -0.25) is 4.79 Å². The van der Waals surface area contributed by atoms with E-state index in [2.05, 4.69) is 12.1 Å². The summed E-state index contributed by atoms with van der Waals surface area (Å²) in [4.78, 5) is 11.7. The number of carbonyl (C=O) groups excluding carboxylic acids is 1. The Morgan fingerprint density at radius 2 is 1.82 bits per heavy atom. The lowest BCUT2D eigenvalue weighted by Gasteiger charge is -2.37. The molecule has 4 heteroatoms. The minimum Gasteiger partial charge on any atom is -0.486 e. The Morgan fingerprint density at radius 3 is 2.50 bits per heavy atom. The largest absolute Gasteiger partial charge is 0.486 e. The molecule has 22 heavy (non-hydrogen) atoms. The third-order valence-corrected chi connectivity index (χ3v) is 5.69. The number of ether oxygens (including phenoxy) is 3. The maximum absolute atomic E-state index is 11.7. The molecule has 0 unspecified atom stereocenters. The van der Waals surface area contributed by atoms with Crippen molar-refractivity contribution in [1.29, 1.82) is 0 Å². The predicted octanol–water partition coefficient (Wildman–Crippen LogP) is 3.01. The van der Waals surface area contributed by atoms with Gasteiger partial charge in [-0.25, -0.2) is 0 Å². The Hall–Kier alpha value is -1.71. The first-order valence-electron chi connectivity index (χ1n) is 8.23. The van der Waals surface area contributed by atoms with E-state index in [0.717, 1.165) is 43.6 Å². The van der Waals surface area contributed by atoms with Gasteiger partial charge in [0.1, 0.15) is 13.2 Å². The van der Waals surface area contributed by atoms with Crippen molar-refractivity contribution in [2.24, 2.45) is 5.92 Å². The summed E-state index contributed by atoms with van der Waals surface area (Å²) in [5.74, 6) is 1.82. The molecule has 2 aliphatic carbocycles. The molecule has 0 bridgehead atoms. The quantitative estimate of drug-likeness (QED) is 0.748. The van der Waals surface area contributed by atoms with Crippen LogP contribution in [0, 0.1) is 5.92 Å². The van der Waals surface area contributed by atoms with Crippen LogP contribution in [-0.2, 0) is 21.4 Å². The highest BCUT2D eigenvalue weighted by Gasteiger charge is 2.43. The first kappa shape index (κ1) is 13.9. The molecule has 0 atom stereocenters. The van der Waals surface area contributed by atoms with Gasteiger partial charge in [0, 0.05) is 0 Å². The van der Waals surface area contributed by atoms with Crippen LogP contribution < -0.4 is 9.47 Å². The van der Waals surface area contributed by atoms with Crippen molar-refractivity contribution in [2.45, 2.75) is 43.9 Å². The minimum absolute atomic E-state index is 0.0461. The Morgan fingerprint density at radius 1 is 1.14 bits per heavy atom. The van der Waals surface area contributed by atoms with Crippen molar-refractivity contribution in [2.75, 3.05) is 20.3 Å². The average molecular weight is 302 g/mol. The van der Waals surface area contributed by atoms with E-state index in [9.17, 15) is 4.79 Å². The summed E-state index contributed by atoms with van der Waals surface area (Å²) in [5.41, 5.74) is 3.07. The van der Waals surface area contributed by atoms with Crippen LogP contribution in [0.2, 0.25) is 0 Å². The molecule has 3 aliphatic rings. The number of hydrogen-bond donors (Lipinski definition) is 0. The molecular weight excluding hydrogens is 280 g/mol. The van der Waals surface area contributed by atoms with E-state index in [0.29, 0.717) is 13.2 Å². The first-order chi connectivity index (χ1) is 10.7. The molecule has 0 radical (unpaired) electrons. The zero-order valence-corrected chi connectivity index (χ0v) is 13.0. The predicted molar refractivity (Wildman–Crippen MR) is 81.4 cm³/mol. The molecule has 1 spiro atoms. The van der Waals surface area contributed by atoms with Crippen LogP contribution in [0.4, 0.5) is 0 Å². The first-order valence-corrected chi connectivity index (χ1v) is 8.23. The monoisotopic (exact) mass is 302 g/mol. The Balaban J connectivity index is 1.61. The number of benzene rings is 1. The molecule has 1 aromatic carbocycles. The van der Waals surface area contributed by atoms with E-state index >= 15 is 0 Å². The molecule has 1 heterocycles. The highest BCUT2D eigenvalue weighted by molar-refractivity contribution is 5.72. The van der Waals surface area contributed by atoms with Crippen LogP contribution in [0.15, 0.2) is 12.1 Å². The lowest BCUT2D eigenvalue weighted by molar-refractivity contribution is -0.147. The van der Waals surface area contributed by atoms with Crippen molar-refractivity contribution in [3.8, 4) is 11.5 Å². The smallest absolute Gasteiger partial charge is 0.308 e. The molecule has 1 aromatic rings. The highest BCUT2D eigenvalue weighted by atomic mass is 16.6. The lowest BCUT2D eigenvalue weighted by atomic mass is 9.67. The van der Waals surface area contributed by atoms with Crippen molar-refractivity contribution in [1.82, 2.24) is 0 Å². The van der Waals surface area contributed by atoms with Gasteiger partial charge in [0.15, 0.2) is 11.5 Å². The zero-order chi connectivity index (χ0) is 15.2. The lowest BCUT2D eigenvalue weighted by Crippen LogP contribution is -2.32. The van der Waals surface area contributed by atoms with Crippen LogP contribution >= 0.6 is 0 Å².